The fraction of sp³-hybridized carbons (Fsp3) is 0.600. The Morgan fingerprint density at radius 1 is 1.45 bits per heavy atom. The summed E-state index contributed by atoms with van der Waals surface area (Å²) < 4.78 is 20.7. The quantitative estimate of drug-likeness (QED) is 0.653. The zero-order valence-corrected chi connectivity index (χ0v) is 13.0. The molecule has 2 fully saturated rings. The van der Waals surface area contributed by atoms with E-state index >= 15 is 0 Å². The van der Waals surface area contributed by atoms with Crippen molar-refractivity contribution in [1.29, 1.82) is 0 Å². The first-order chi connectivity index (χ1) is 9.65. The van der Waals surface area contributed by atoms with Crippen molar-refractivity contribution in [3.8, 4) is 0 Å². The Morgan fingerprint density at radius 2 is 2.25 bits per heavy atom. The molecule has 1 heterocycles. The molecule has 1 saturated heterocycles. The summed E-state index contributed by atoms with van der Waals surface area (Å²) in [6.45, 7) is 0.748. The summed E-state index contributed by atoms with van der Waals surface area (Å²) in [5, 5.41) is 0. The molecule has 5 heteroatoms. The molecule has 20 heavy (non-hydrogen) atoms. The Hall–Kier alpha value is -0.490. The lowest BCUT2D eigenvalue weighted by molar-refractivity contribution is -0.147. The summed E-state index contributed by atoms with van der Waals surface area (Å²) in [4.78, 5) is 0. The van der Waals surface area contributed by atoms with Crippen molar-refractivity contribution in [3.05, 3.63) is 34.1 Å². The predicted molar refractivity (Wildman–Crippen MR) is 79.4 cm³/mol. The highest BCUT2D eigenvalue weighted by Crippen LogP contribution is 2.47. The van der Waals surface area contributed by atoms with Gasteiger partial charge in [0.1, 0.15) is 5.82 Å². The van der Waals surface area contributed by atoms with Gasteiger partial charge in [-0.05, 0) is 60.0 Å². The second-order valence-electron chi connectivity index (χ2n) is 5.93. The van der Waals surface area contributed by atoms with Gasteiger partial charge in [0.05, 0.1) is 16.1 Å². The predicted octanol–water partition coefficient (Wildman–Crippen LogP) is 3.44. The maximum atomic E-state index is 14.3. The molecule has 1 aromatic rings. The molecular formula is C15H20BrFN2O. The summed E-state index contributed by atoms with van der Waals surface area (Å²) in [5.74, 6) is 5.83. The molecule has 1 aromatic carbocycles. The van der Waals surface area contributed by atoms with Crippen LogP contribution in [0.25, 0.3) is 0 Å². The van der Waals surface area contributed by atoms with Gasteiger partial charge < -0.3 is 4.74 Å². The second-order valence-corrected chi connectivity index (χ2v) is 6.78. The molecule has 0 amide bonds. The molecule has 1 saturated carbocycles. The standard InChI is InChI=1S/C15H20BrFN2O/c16-12-4-1-3-11(13(12)17)14(19-18)10-5-8-20-15(9-10)6-2-7-15/h1,3-4,10,14,19H,2,5-9,18H2. The van der Waals surface area contributed by atoms with Crippen molar-refractivity contribution in [2.45, 2.75) is 43.7 Å². The summed E-state index contributed by atoms with van der Waals surface area (Å²) in [6, 6.07) is 5.22. The summed E-state index contributed by atoms with van der Waals surface area (Å²) in [7, 11) is 0. The summed E-state index contributed by atoms with van der Waals surface area (Å²) >= 11 is 3.25. The Morgan fingerprint density at radius 3 is 2.90 bits per heavy atom. The third-order valence-electron chi connectivity index (χ3n) is 4.76. The lowest BCUT2D eigenvalue weighted by atomic mass is 9.69. The van der Waals surface area contributed by atoms with E-state index < -0.39 is 0 Å². The van der Waals surface area contributed by atoms with Gasteiger partial charge in [-0.3, -0.25) is 11.3 Å². The molecule has 3 rings (SSSR count). The van der Waals surface area contributed by atoms with Crippen LogP contribution >= 0.6 is 15.9 Å². The molecule has 0 bridgehead atoms. The minimum atomic E-state index is -0.218. The first-order valence-electron chi connectivity index (χ1n) is 7.19. The van der Waals surface area contributed by atoms with Gasteiger partial charge in [-0.1, -0.05) is 12.1 Å². The fourth-order valence-electron chi connectivity index (χ4n) is 3.51. The smallest absolute Gasteiger partial charge is 0.142 e. The molecule has 3 nitrogen and oxygen atoms in total. The topological polar surface area (TPSA) is 47.3 Å². The number of nitrogens with one attached hydrogen (secondary N) is 1. The van der Waals surface area contributed by atoms with Gasteiger partial charge in [0.15, 0.2) is 0 Å². The first kappa shape index (κ1) is 14.4. The number of hydrogen-bond acceptors (Lipinski definition) is 3. The number of hydrazine groups is 1. The van der Waals surface area contributed by atoms with E-state index in [1.807, 2.05) is 12.1 Å². The van der Waals surface area contributed by atoms with E-state index in [2.05, 4.69) is 21.4 Å². The second kappa shape index (κ2) is 5.72. The minimum Gasteiger partial charge on any atom is -0.375 e. The van der Waals surface area contributed by atoms with Crippen LogP contribution in [0.15, 0.2) is 22.7 Å². The van der Waals surface area contributed by atoms with Crippen LogP contribution in [0.2, 0.25) is 0 Å². The van der Waals surface area contributed by atoms with Crippen molar-refractivity contribution >= 4 is 15.9 Å². The third-order valence-corrected chi connectivity index (χ3v) is 5.38. The van der Waals surface area contributed by atoms with Crippen LogP contribution in [-0.2, 0) is 4.74 Å². The van der Waals surface area contributed by atoms with Gasteiger partial charge in [0, 0.05) is 12.2 Å². The fourth-order valence-corrected chi connectivity index (χ4v) is 3.89. The molecule has 0 aromatic heterocycles. The van der Waals surface area contributed by atoms with Gasteiger partial charge in [-0.2, -0.15) is 0 Å². The van der Waals surface area contributed by atoms with Crippen LogP contribution in [0, 0.1) is 11.7 Å². The van der Waals surface area contributed by atoms with Crippen molar-refractivity contribution in [3.63, 3.8) is 0 Å². The zero-order valence-electron chi connectivity index (χ0n) is 11.4. The number of nitrogens with two attached hydrogens (primary N) is 1. The Labute approximate surface area is 127 Å². The number of rotatable bonds is 3. The molecule has 110 valence electrons. The molecule has 3 N–H and O–H groups in total. The van der Waals surface area contributed by atoms with E-state index in [1.165, 1.54) is 6.42 Å². The molecule has 0 radical (unpaired) electrons. The van der Waals surface area contributed by atoms with Gasteiger partial charge in [-0.25, -0.2) is 4.39 Å². The van der Waals surface area contributed by atoms with E-state index in [1.54, 1.807) is 6.07 Å². The molecule has 2 unspecified atom stereocenters. The Balaban J connectivity index is 1.84. The third kappa shape index (κ3) is 2.52. The maximum Gasteiger partial charge on any atom is 0.142 e. The highest BCUT2D eigenvalue weighted by molar-refractivity contribution is 9.10. The van der Waals surface area contributed by atoms with E-state index in [0.717, 1.165) is 32.3 Å². The Kier molecular flexibility index (Phi) is 4.13. The van der Waals surface area contributed by atoms with Gasteiger partial charge in [-0.15, -0.1) is 0 Å². The van der Waals surface area contributed by atoms with Crippen LogP contribution in [0.4, 0.5) is 4.39 Å². The average Bonchev–Trinajstić information content (AvgIpc) is 2.43. The lowest BCUT2D eigenvalue weighted by Gasteiger charge is -2.48. The van der Waals surface area contributed by atoms with Gasteiger partial charge in [0.25, 0.3) is 0 Å². The maximum absolute atomic E-state index is 14.3. The molecule has 1 spiro atoms. The van der Waals surface area contributed by atoms with Gasteiger partial charge >= 0.3 is 0 Å². The minimum absolute atomic E-state index is 0.0422. The first-order valence-corrected chi connectivity index (χ1v) is 7.98. The van der Waals surface area contributed by atoms with Crippen LogP contribution in [0.3, 0.4) is 0 Å². The van der Waals surface area contributed by atoms with Crippen LogP contribution in [0.5, 0.6) is 0 Å². The lowest BCUT2D eigenvalue weighted by Crippen LogP contribution is -2.48. The van der Waals surface area contributed by atoms with E-state index in [-0.39, 0.29) is 17.5 Å². The van der Waals surface area contributed by atoms with Crippen LogP contribution in [-0.4, -0.2) is 12.2 Å². The SMILES string of the molecule is NNC(c1cccc(Br)c1F)C1CCOC2(CCC2)C1. The number of benzene rings is 1. The molecular weight excluding hydrogens is 323 g/mol. The normalized spacial score (nSPS) is 26.2. The van der Waals surface area contributed by atoms with E-state index in [9.17, 15) is 4.39 Å². The van der Waals surface area contributed by atoms with Gasteiger partial charge in [0.2, 0.25) is 0 Å². The van der Waals surface area contributed by atoms with Crippen molar-refractivity contribution in [2.75, 3.05) is 6.61 Å². The van der Waals surface area contributed by atoms with Crippen molar-refractivity contribution in [1.82, 2.24) is 5.43 Å². The molecule has 2 atom stereocenters. The van der Waals surface area contributed by atoms with E-state index in [4.69, 9.17) is 10.6 Å². The summed E-state index contributed by atoms with van der Waals surface area (Å²) in [6.07, 6.45) is 5.37. The molecule has 1 aliphatic heterocycles. The number of halogens is 2. The highest BCUT2D eigenvalue weighted by Gasteiger charge is 2.44. The number of hydrogen-bond donors (Lipinski definition) is 2. The molecule has 2 aliphatic rings. The Bertz CT molecular complexity index is 493. The van der Waals surface area contributed by atoms with Crippen molar-refractivity contribution < 1.29 is 9.13 Å². The van der Waals surface area contributed by atoms with Crippen LogP contribution < -0.4 is 11.3 Å². The largest absolute Gasteiger partial charge is 0.375 e. The van der Waals surface area contributed by atoms with Crippen LogP contribution in [0.1, 0.15) is 43.7 Å². The van der Waals surface area contributed by atoms with Crippen molar-refractivity contribution in [2.24, 2.45) is 11.8 Å². The average molecular weight is 343 g/mol. The highest BCUT2D eigenvalue weighted by atomic mass is 79.9. The molecule has 1 aliphatic carbocycles. The monoisotopic (exact) mass is 342 g/mol. The van der Waals surface area contributed by atoms with E-state index in [0.29, 0.717) is 16.0 Å². The summed E-state index contributed by atoms with van der Waals surface area (Å²) in [5.41, 5.74) is 3.51. The zero-order chi connectivity index (χ0) is 14.2. The number of ether oxygens (including phenoxy) is 1.